The van der Waals surface area contributed by atoms with Gasteiger partial charge < -0.3 is 0 Å². The molecule has 33 heavy (non-hydrogen) atoms. The molecule has 3 amide bonds. The molecule has 0 N–H and O–H groups in total. The maximum absolute atomic E-state index is 13.5. The molecular weight excluding hydrogens is 599 g/mol. The number of imide groups is 1. The number of hydrazine groups is 1. The number of Topliss-reactive ketones (excluding diaryl/α,β-unsaturated/α-hetero) is 1. The number of amides is 3. The molecule has 2 aliphatic rings. The molecule has 6 nitrogen and oxygen atoms in total. The summed E-state index contributed by atoms with van der Waals surface area (Å²) >= 11 is 19.3. The Balaban J connectivity index is 1.72. The summed E-state index contributed by atoms with van der Waals surface area (Å²) in [5.74, 6) is -3.27. The zero-order chi connectivity index (χ0) is 23.9. The fourth-order valence-corrected chi connectivity index (χ4v) is 5.93. The zero-order valence-electron chi connectivity index (χ0n) is 17.1. The Kier molecular flexibility index (Phi) is 7.29. The SMILES string of the molecule is O=C(CN(C(=O)c1ccc(Cl)cc1Cl)N1C(=O)[C@@H]2C[C@@H](Br)[C@@H](Br)C[C@H]2C1=O)c1ccccc1. The number of fused-ring (bicyclic) bond motifs is 1. The lowest BCUT2D eigenvalue weighted by atomic mass is 9.81. The van der Waals surface area contributed by atoms with Gasteiger partial charge in [0.25, 0.3) is 17.7 Å². The van der Waals surface area contributed by atoms with E-state index in [1.165, 1.54) is 18.2 Å². The van der Waals surface area contributed by atoms with Crippen LogP contribution in [-0.4, -0.2) is 49.7 Å². The second-order valence-corrected chi connectivity index (χ2v) is 11.2. The summed E-state index contributed by atoms with van der Waals surface area (Å²) in [4.78, 5) is 53.3. The molecule has 0 aromatic heterocycles. The van der Waals surface area contributed by atoms with Gasteiger partial charge in [-0.15, -0.1) is 0 Å². The molecule has 0 unspecified atom stereocenters. The van der Waals surface area contributed by atoms with E-state index in [1.54, 1.807) is 30.3 Å². The van der Waals surface area contributed by atoms with Crippen molar-refractivity contribution in [3.63, 3.8) is 0 Å². The van der Waals surface area contributed by atoms with Crippen LogP contribution in [0.25, 0.3) is 0 Å². The van der Waals surface area contributed by atoms with Crippen molar-refractivity contribution in [3.05, 3.63) is 69.7 Å². The number of hydrogen-bond acceptors (Lipinski definition) is 4. The molecule has 2 fully saturated rings. The third kappa shape index (κ3) is 4.76. The Hall–Kier alpha value is -1.74. The molecule has 1 saturated heterocycles. The largest absolute Gasteiger partial charge is 0.292 e. The zero-order valence-corrected chi connectivity index (χ0v) is 21.8. The second kappa shape index (κ2) is 9.86. The van der Waals surface area contributed by atoms with E-state index in [4.69, 9.17) is 23.2 Å². The van der Waals surface area contributed by atoms with Gasteiger partial charge in [-0.3, -0.25) is 19.2 Å². The summed E-state index contributed by atoms with van der Waals surface area (Å²) < 4.78 is 0. The van der Waals surface area contributed by atoms with E-state index < -0.39 is 41.9 Å². The molecule has 10 heteroatoms. The highest BCUT2D eigenvalue weighted by molar-refractivity contribution is 9.12. The Labute approximate surface area is 217 Å². The predicted molar refractivity (Wildman–Crippen MR) is 132 cm³/mol. The second-order valence-electron chi connectivity index (χ2n) is 7.98. The van der Waals surface area contributed by atoms with Crippen LogP contribution in [0.5, 0.6) is 0 Å². The Morgan fingerprint density at radius 1 is 0.939 bits per heavy atom. The normalized spacial score (nSPS) is 24.5. The fraction of sp³-hybridized carbons (Fsp3) is 0.304. The van der Waals surface area contributed by atoms with Crippen LogP contribution < -0.4 is 0 Å². The van der Waals surface area contributed by atoms with Gasteiger partial charge in [-0.05, 0) is 31.0 Å². The predicted octanol–water partition coefficient (Wildman–Crippen LogP) is 5.16. The summed E-state index contributed by atoms with van der Waals surface area (Å²) in [6, 6.07) is 12.7. The number of rotatable bonds is 5. The first-order valence-corrected chi connectivity index (χ1v) is 12.8. The Morgan fingerprint density at radius 3 is 2.06 bits per heavy atom. The lowest BCUT2D eigenvalue weighted by Crippen LogP contribution is -2.52. The molecule has 4 rings (SSSR count). The molecule has 4 atom stereocenters. The van der Waals surface area contributed by atoms with Crippen LogP contribution in [0.1, 0.15) is 33.6 Å². The van der Waals surface area contributed by atoms with Gasteiger partial charge in [0, 0.05) is 20.2 Å². The van der Waals surface area contributed by atoms with Crippen molar-refractivity contribution in [2.24, 2.45) is 11.8 Å². The van der Waals surface area contributed by atoms with Crippen LogP contribution in [0.15, 0.2) is 48.5 Å². The Bertz CT molecular complexity index is 1100. The summed E-state index contributed by atoms with van der Waals surface area (Å²) in [6.45, 7) is -0.492. The molecule has 0 radical (unpaired) electrons. The minimum atomic E-state index is -0.730. The van der Waals surface area contributed by atoms with Gasteiger partial charge in [-0.2, -0.15) is 5.01 Å². The van der Waals surface area contributed by atoms with Gasteiger partial charge in [0.2, 0.25) is 0 Å². The lowest BCUT2D eigenvalue weighted by Gasteiger charge is -2.30. The quantitative estimate of drug-likeness (QED) is 0.264. The van der Waals surface area contributed by atoms with Gasteiger partial charge >= 0.3 is 0 Å². The molecule has 2 aromatic rings. The van der Waals surface area contributed by atoms with Crippen molar-refractivity contribution in [3.8, 4) is 0 Å². The van der Waals surface area contributed by atoms with Crippen LogP contribution in [0.2, 0.25) is 10.0 Å². The number of hydrogen-bond donors (Lipinski definition) is 0. The van der Waals surface area contributed by atoms with Crippen molar-refractivity contribution < 1.29 is 19.2 Å². The molecule has 2 aromatic carbocycles. The van der Waals surface area contributed by atoms with E-state index in [1.807, 2.05) is 0 Å². The van der Waals surface area contributed by atoms with Crippen LogP contribution in [-0.2, 0) is 9.59 Å². The minimum Gasteiger partial charge on any atom is -0.292 e. The topological polar surface area (TPSA) is 74.8 Å². The molecule has 1 aliphatic carbocycles. The average molecular weight is 617 g/mol. The Morgan fingerprint density at radius 2 is 1.52 bits per heavy atom. The molecule has 1 heterocycles. The highest BCUT2D eigenvalue weighted by Crippen LogP contribution is 2.43. The van der Waals surface area contributed by atoms with Crippen molar-refractivity contribution in [2.75, 3.05) is 6.54 Å². The van der Waals surface area contributed by atoms with E-state index in [-0.39, 0.29) is 20.2 Å². The highest BCUT2D eigenvalue weighted by Gasteiger charge is 2.54. The number of alkyl halides is 2. The summed E-state index contributed by atoms with van der Waals surface area (Å²) in [5.41, 5.74) is 0.393. The first-order valence-electron chi connectivity index (χ1n) is 10.2. The maximum Gasteiger partial charge on any atom is 0.274 e. The number of nitrogens with zero attached hydrogens (tertiary/aromatic N) is 2. The van der Waals surface area contributed by atoms with E-state index >= 15 is 0 Å². The van der Waals surface area contributed by atoms with Crippen molar-refractivity contribution >= 4 is 78.6 Å². The molecular formula is C23H18Br2Cl2N2O4. The molecule has 1 aliphatic heterocycles. The monoisotopic (exact) mass is 614 g/mol. The fourth-order valence-electron chi connectivity index (χ4n) is 4.20. The van der Waals surface area contributed by atoms with Crippen LogP contribution >= 0.6 is 55.1 Å². The van der Waals surface area contributed by atoms with E-state index in [0.29, 0.717) is 23.4 Å². The number of carbonyl (C=O) groups excluding carboxylic acids is 4. The summed E-state index contributed by atoms with van der Waals surface area (Å²) in [5, 5.41) is 2.14. The van der Waals surface area contributed by atoms with Gasteiger partial charge in [-0.25, -0.2) is 5.01 Å². The van der Waals surface area contributed by atoms with Crippen molar-refractivity contribution in [1.82, 2.24) is 10.0 Å². The maximum atomic E-state index is 13.5. The van der Waals surface area contributed by atoms with Crippen molar-refractivity contribution in [2.45, 2.75) is 22.5 Å². The van der Waals surface area contributed by atoms with Crippen LogP contribution in [0.4, 0.5) is 0 Å². The van der Waals surface area contributed by atoms with Crippen LogP contribution in [0.3, 0.4) is 0 Å². The number of halogens is 4. The number of carbonyl (C=O) groups is 4. The molecule has 0 spiro atoms. The third-order valence-electron chi connectivity index (χ3n) is 5.91. The first-order chi connectivity index (χ1) is 15.7. The number of benzene rings is 2. The van der Waals surface area contributed by atoms with E-state index in [0.717, 1.165) is 10.0 Å². The van der Waals surface area contributed by atoms with Crippen molar-refractivity contribution in [1.29, 1.82) is 0 Å². The van der Waals surface area contributed by atoms with E-state index in [9.17, 15) is 19.2 Å². The van der Waals surface area contributed by atoms with Gasteiger partial charge in [0.1, 0.15) is 6.54 Å². The summed E-state index contributed by atoms with van der Waals surface area (Å²) in [6.07, 6.45) is 0.885. The lowest BCUT2D eigenvalue weighted by molar-refractivity contribution is -0.154. The van der Waals surface area contributed by atoms with E-state index in [2.05, 4.69) is 31.9 Å². The third-order valence-corrected chi connectivity index (χ3v) is 9.20. The van der Waals surface area contributed by atoms with Gasteiger partial charge in [-0.1, -0.05) is 85.4 Å². The summed E-state index contributed by atoms with van der Waals surface area (Å²) in [7, 11) is 0. The average Bonchev–Trinajstić information content (AvgIpc) is 3.02. The van der Waals surface area contributed by atoms with Crippen LogP contribution in [0, 0.1) is 11.8 Å². The highest BCUT2D eigenvalue weighted by atomic mass is 79.9. The van der Waals surface area contributed by atoms with Gasteiger partial charge in [0.05, 0.1) is 22.4 Å². The molecule has 0 bridgehead atoms. The van der Waals surface area contributed by atoms with Gasteiger partial charge in [0.15, 0.2) is 5.78 Å². The first kappa shape index (κ1) is 24.4. The minimum absolute atomic E-state index is 0.0104. The smallest absolute Gasteiger partial charge is 0.274 e. The molecule has 1 saturated carbocycles. The standard InChI is InChI=1S/C23H18Br2Cl2N2O4/c24-17-9-15-16(10-18(17)25)23(33)29(22(15)32)28(11-20(30)12-4-2-1-3-5-12)21(31)14-7-6-13(26)8-19(14)27/h1-8,15-18H,9-11H2/t15-,16-,17-,18+/m1/s1. The number of ketones is 1. The molecule has 172 valence electrons.